The summed E-state index contributed by atoms with van der Waals surface area (Å²) in [5, 5.41) is 12.6. The normalized spacial score (nSPS) is 13.1. The van der Waals surface area contributed by atoms with Crippen LogP contribution >= 0.6 is 11.8 Å². The van der Waals surface area contributed by atoms with Crippen LogP contribution < -0.4 is 5.32 Å². The van der Waals surface area contributed by atoms with E-state index >= 15 is 0 Å². The number of rotatable bonds is 6. The van der Waals surface area contributed by atoms with Crippen LogP contribution in [0.5, 0.6) is 0 Å². The quantitative estimate of drug-likeness (QED) is 0.593. The van der Waals surface area contributed by atoms with E-state index in [9.17, 15) is 0 Å². The van der Waals surface area contributed by atoms with Crippen LogP contribution in [0.2, 0.25) is 0 Å². The van der Waals surface area contributed by atoms with E-state index in [1.807, 2.05) is 18.5 Å². The lowest BCUT2D eigenvalue weighted by atomic mass is 10.3. The topological polar surface area (TPSA) is 42.7 Å². The summed E-state index contributed by atoms with van der Waals surface area (Å²) in [7, 11) is 2.00. The van der Waals surface area contributed by atoms with Gasteiger partial charge in [0.1, 0.15) is 5.82 Å². The zero-order valence-corrected chi connectivity index (χ0v) is 10.8. The smallest absolute Gasteiger partial charge is 0.190 e. The summed E-state index contributed by atoms with van der Waals surface area (Å²) in [6.07, 6.45) is 1.17. The first kappa shape index (κ1) is 12.5. The van der Waals surface area contributed by atoms with E-state index in [1.54, 1.807) is 11.8 Å². The van der Waals surface area contributed by atoms with E-state index in [-0.39, 0.29) is 0 Å². The lowest BCUT2D eigenvalue weighted by Crippen LogP contribution is -2.27. The average molecular weight is 228 g/mol. The molecule has 0 radical (unpaired) electrons. The number of thioether (sulfide) groups is 1. The van der Waals surface area contributed by atoms with Crippen LogP contribution in [-0.4, -0.2) is 33.1 Å². The summed E-state index contributed by atoms with van der Waals surface area (Å²) in [5.74, 6) is 2.00. The van der Waals surface area contributed by atoms with Crippen molar-refractivity contribution in [2.24, 2.45) is 7.05 Å². The third kappa shape index (κ3) is 3.83. The van der Waals surface area contributed by atoms with Gasteiger partial charge in [-0.3, -0.25) is 0 Å². The van der Waals surface area contributed by atoms with E-state index in [1.165, 1.54) is 6.42 Å². The van der Waals surface area contributed by atoms with Crippen LogP contribution in [0.3, 0.4) is 0 Å². The van der Waals surface area contributed by atoms with E-state index < -0.39 is 0 Å². The van der Waals surface area contributed by atoms with Gasteiger partial charge in [-0.2, -0.15) is 0 Å². The van der Waals surface area contributed by atoms with Crippen molar-refractivity contribution in [2.45, 2.75) is 38.4 Å². The Bertz CT molecular complexity index is 298. The van der Waals surface area contributed by atoms with Crippen molar-refractivity contribution in [3.63, 3.8) is 0 Å². The highest BCUT2D eigenvalue weighted by atomic mass is 32.2. The minimum Gasteiger partial charge on any atom is -0.313 e. The molecule has 0 fully saturated rings. The highest BCUT2D eigenvalue weighted by Gasteiger charge is 2.04. The fraction of sp³-hybridized carbons (Fsp3) is 0.800. The third-order valence-corrected chi connectivity index (χ3v) is 3.51. The zero-order valence-electron chi connectivity index (χ0n) is 9.95. The second-order valence-corrected chi connectivity index (χ2v) is 4.76. The van der Waals surface area contributed by atoms with Crippen molar-refractivity contribution in [3.05, 3.63) is 5.82 Å². The zero-order chi connectivity index (χ0) is 11.3. The summed E-state index contributed by atoms with van der Waals surface area (Å²) >= 11 is 1.75. The Morgan fingerprint density at radius 3 is 2.73 bits per heavy atom. The molecule has 1 rings (SSSR count). The molecule has 4 nitrogen and oxygen atoms in total. The van der Waals surface area contributed by atoms with E-state index in [4.69, 9.17) is 0 Å². The molecule has 15 heavy (non-hydrogen) atoms. The van der Waals surface area contributed by atoms with Crippen molar-refractivity contribution in [2.75, 3.05) is 12.3 Å². The largest absolute Gasteiger partial charge is 0.313 e. The minimum atomic E-state index is 0.604. The van der Waals surface area contributed by atoms with Gasteiger partial charge in [0, 0.05) is 25.4 Å². The Labute approximate surface area is 95.9 Å². The first-order chi connectivity index (χ1) is 7.15. The average Bonchev–Trinajstić information content (AvgIpc) is 2.55. The lowest BCUT2D eigenvalue weighted by Gasteiger charge is -2.10. The molecule has 1 unspecified atom stereocenters. The highest BCUT2D eigenvalue weighted by molar-refractivity contribution is 7.99. The molecule has 0 aromatic carbocycles. The first-order valence-electron chi connectivity index (χ1n) is 5.37. The van der Waals surface area contributed by atoms with Gasteiger partial charge in [0.2, 0.25) is 0 Å². The molecule has 1 heterocycles. The second kappa shape index (κ2) is 6.12. The summed E-state index contributed by atoms with van der Waals surface area (Å²) in [4.78, 5) is 0. The van der Waals surface area contributed by atoms with Crippen LogP contribution in [0.25, 0.3) is 0 Å². The Morgan fingerprint density at radius 1 is 1.47 bits per heavy atom. The maximum absolute atomic E-state index is 4.10. The van der Waals surface area contributed by atoms with Gasteiger partial charge in [0.05, 0.1) is 0 Å². The molecule has 5 heteroatoms. The van der Waals surface area contributed by atoms with Gasteiger partial charge >= 0.3 is 0 Å². The first-order valence-corrected chi connectivity index (χ1v) is 6.35. The maximum Gasteiger partial charge on any atom is 0.190 e. The molecule has 0 aliphatic rings. The number of aromatic nitrogens is 3. The van der Waals surface area contributed by atoms with E-state index in [2.05, 4.69) is 29.4 Å². The van der Waals surface area contributed by atoms with Crippen LogP contribution in [0.1, 0.15) is 26.1 Å². The molecule has 0 amide bonds. The van der Waals surface area contributed by atoms with Gasteiger partial charge in [-0.05, 0) is 20.3 Å². The molecule has 0 aliphatic heterocycles. The molecule has 0 saturated heterocycles. The van der Waals surface area contributed by atoms with Gasteiger partial charge in [-0.15, -0.1) is 10.2 Å². The van der Waals surface area contributed by atoms with E-state index in [0.29, 0.717) is 6.04 Å². The molecule has 1 aromatic heterocycles. The molecule has 0 spiro atoms. The summed E-state index contributed by atoms with van der Waals surface area (Å²) in [6.45, 7) is 7.38. The molecular weight excluding hydrogens is 208 g/mol. The predicted octanol–water partition coefficient (Wildman–Crippen LogP) is 1.60. The molecule has 0 aliphatic carbocycles. The third-order valence-electron chi connectivity index (χ3n) is 2.49. The molecule has 1 atom stereocenters. The number of aryl methyl sites for hydroxylation is 1. The number of nitrogens with one attached hydrogen (secondary N) is 1. The van der Waals surface area contributed by atoms with Crippen molar-refractivity contribution >= 4 is 11.8 Å². The SMILES string of the molecule is CCC(C)NCCSc1nnc(C)n1C. The molecule has 1 N–H and O–H groups in total. The van der Waals surface area contributed by atoms with Gasteiger partial charge in [0.25, 0.3) is 0 Å². The van der Waals surface area contributed by atoms with E-state index in [0.717, 1.165) is 23.3 Å². The molecule has 0 saturated carbocycles. The predicted molar refractivity (Wildman–Crippen MR) is 64.2 cm³/mol. The Hall–Kier alpha value is -0.550. The molecule has 0 bridgehead atoms. The fourth-order valence-corrected chi connectivity index (χ4v) is 1.93. The van der Waals surface area contributed by atoms with Gasteiger partial charge in [-0.25, -0.2) is 0 Å². The van der Waals surface area contributed by atoms with Crippen LogP contribution in [0, 0.1) is 6.92 Å². The van der Waals surface area contributed by atoms with Crippen LogP contribution in [0.15, 0.2) is 5.16 Å². The minimum absolute atomic E-state index is 0.604. The molecular formula is C10H20N4S. The van der Waals surface area contributed by atoms with Crippen molar-refractivity contribution in [1.29, 1.82) is 0 Å². The Balaban J connectivity index is 2.23. The summed E-state index contributed by atoms with van der Waals surface area (Å²) in [5.41, 5.74) is 0. The van der Waals surface area contributed by atoms with Gasteiger partial charge in [-0.1, -0.05) is 18.7 Å². The maximum atomic E-state index is 4.10. The lowest BCUT2D eigenvalue weighted by molar-refractivity contribution is 0.555. The summed E-state index contributed by atoms with van der Waals surface area (Å²) in [6, 6.07) is 0.604. The number of nitrogens with zero attached hydrogens (tertiary/aromatic N) is 3. The molecule has 86 valence electrons. The Kier molecular flexibility index (Phi) is 5.11. The highest BCUT2D eigenvalue weighted by Crippen LogP contribution is 2.14. The van der Waals surface area contributed by atoms with Crippen molar-refractivity contribution in [1.82, 2.24) is 20.1 Å². The van der Waals surface area contributed by atoms with Crippen molar-refractivity contribution < 1.29 is 0 Å². The van der Waals surface area contributed by atoms with Crippen LogP contribution in [-0.2, 0) is 7.05 Å². The second-order valence-electron chi connectivity index (χ2n) is 3.70. The van der Waals surface area contributed by atoms with Crippen LogP contribution in [0.4, 0.5) is 0 Å². The monoisotopic (exact) mass is 228 g/mol. The van der Waals surface area contributed by atoms with Crippen molar-refractivity contribution in [3.8, 4) is 0 Å². The molecule has 1 aromatic rings. The summed E-state index contributed by atoms with van der Waals surface area (Å²) < 4.78 is 2.02. The van der Waals surface area contributed by atoms with Gasteiger partial charge < -0.3 is 9.88 Å². The van der Waals surface area contributed by atoms with Gasteiger partial charge in [0.15, 0.2) is 5.16 Å². The Morgan fingerprint density at radius 2 is 2.20 bits per heavy atom. The standard InChI is InChI=1S/C10H20N4S/c1-5-8(2)11-6-7-15-10-13-12-9(3)14(10)4/h8,11H,5-7H2,1-4H3. The number of hydrogen-bond acceptors (Lipinski definition) is 4. The number of hydrogen-bond donors (Lipinski definition) is 1. The fourth-order valence-electron chi connectivity index (χ4n) is 1.11.